The van der Waals surface area contributed by atoms with E-state index in [1.54, 1.807) is 11.3 Å². The lowest BCUT2D eigenvalue weighted by molar-refractivity contribution is 0.197. The number of phenolic OH excluding ortho intramolecular Hbond substituents is 1. The summed E-state index contributed by atoms with van der Waals surface area (Å²) in [6.45, 7) is 3.23. The van der Waals surface area contributed by atoms with Gasteiger partial charge in [0, 0.05) is 36.6 Å². The number of hydrogen-bond donors (Lipinski definition) is 2. The number of halogens is 1. The number of rotatable bonds is 3. The Kier molecular flexibility index (Phi) is 4.39. The molecule has 2 aromatic rings. The van der Waals surface area contributed by atoms with Gasteiger partial charge in [0.25, 0.3) is 0 Å². The van der Waals surface area contributed by atoms with Gasteiger partial charge in [0.1, 0.15) is 0 Å². The summed E-state index contributed by atoms with van der Waals surface area (Å²) in [6, 6.07) is 8.25. The molecule has 0 saturated carbocycles. The van der Waals surface area contributed by atoms with E-state index in [1.807, 2.05) is 17.5 Å². The van der Waals surface area contributed by atoms with Gasteiger partial charge in [-0.15, -0.1) is 11.3 Å². The summed E-state index contributed by atoms with van der Waals surface area (Å²) in [5.74, 6) is -1.11. The first-order valence-electron chi connectivity index (χ1n) is 7.12. The second-order valence-corrected chi connectivity index (χ2v) is 6.15. The highest BCUT2D eigenvalue weighted by atomic mass is 32.1. The molecule has 0 spiro atoms. The van der Waals surface area contributed by atoms with Crippen molar-refractivity contribution in [3.8, 4) is 11.8 Å². The number of benzene rings is 1. The van der Waals surface area contributed by atoms with Crippen molar-refractivity contribution in [2.24, 2.45) is 0 Å². The third kappa shape index (κ3) is 2.71. The van der Waals surface area contributed by atoms with Crippen molar-refractivity contribution >= 4 is 11.3 Å². The topological polar surface area (TPSA) is 59.3 Å². The Morgan fingerprint density at radius 1 is 1.32 bits per heavy atom. The van der Waals surface area contributed by atoms with E-state index in [0.717, 1.165) is 37.1 Å². The van der Waals surface area contributed by atoms with Crippen LogP contribution in [-0.4, -0.2) is 36.2 Å². The van der Waals surface area contributed by atoms with Crippen molar-refractivity contribution in [1.82, 2.24) is 10.2 Å². The molecule has 1 aromatic heterocycles. The van der Waals surface area contributed by atoms with Gasteiger partial charge in [0.15, 0.2) is 11.6 Å². The Balaban J connectivity index is 2.14. The molecule has 1 saturated heterocycles. The zero-order valence-corrected chi connectivity index (χ0v) is 12.7. The number of thiophene rings is 1. The lowest BCUT2D eigenvalue weighted by atomic mass is 9.96. The van der Waals surface area contributed by atoms with Crippen LogP contribution < -0.4 is 5.32 Å². The molecule has 0 unspecified atom stereocenters. The number of nitriles is 1. The molecule has 1 aliphatic rings. The Morgan fingerprint density at radius 2 is 2.09 bits per heavy atom. The summed E-state index contributed by atoms with van der Waals surface area (Å²) >= 11 is 1.55. The maximum atomic E-state index is 13.9. The molecule has 2 heterocycles. The number of nitrogens with one attached hydrogen (secondary N) is 1. The Bertz CT molecular complexity index is 690. The Hall–Kier alpha value is -1.94. The second-order valence-electron chi connectivity index (χ2n) is 5.17. The van der Waals surface area contributed by atoms with Gasteiger partial charge in [0.2, 0.25) is 0 Å². The molecule has 22 heavy (non-hydrogen) atoms. The minimum Gasteiger partial charge on any atom is -0.505 e. The van der Waals surface area contributed by atoms with Crippen LogP contribution in [0.25, 0.3) is 0 Å². The van der Waals surface area contributed by atoms with E-state index in [2.05, 4.69) is 16.3 Å². The van der Waals surface area contributed by atoms with Crippen molar-refractivity contribution in [3.63, 3.8) is 0 Å². The van der Waals surface area contributed by atoms with E-state index in [0.29, 0.717) is 11.1 Å². The molecule has 2 N–H and O–H groups in total. The SMILES string of the molecule is N#Cc1ccc(F)c(O)c1[C@@H](c1cccs1)N1CCNCC1. The van der Waals surface area contributed by atoms with Crippen LogP contribution >= 0.6 is 11.3 Å². The maximum absolute atomic E-state index is 13.9. The van der Waals surface area contributed by atoms with Gasteiger partial charge in [-0.1, -0.05) is 6.07 Å². The zero-order valence-electron chi connectivity index (χ0n) is 11.9. The lowest BCUT2D eigenvalue weighted by Gasteiger charge is -2.35. The summed E-state index contributed by atoms with van der Waals surface area (Å²) in [4.78, 5) is 3.18. The molecule has 3 rings (SSSR count). The molecule has 114 valence electrons. The van der Waals surface area contributed by atoms with Gasteiger partial charge < -0.3 is 10.4 Å². The molecule has 0 aliphatic carbocycles. The van der Waals surface area contributed by atoms with Crippen LogP contribution in [0, 0.1) is 17.1 Å². The fourth-order valence-electron chi connectivity index (χ4n) is 2.85. The van der Waals surface area contributed by atoms with Crippen molar-refractivity contribution in [3.05, 3.63) is 51.5 Å². The van der Waals surface area contributed by atoms with Gasteiger partial charge in [-0.3, -0.25) is 4.90 Å². The smallest absolute Gasteiger partial charge is 0.165 e. The molecule has 1 aliphatic heterocycles. The average Bonchev–Trinajstić information content (AvgIpc) is 3.07. The molecule has 1 aromatic carbocycles. The van der Waals surface area contributed by atoms with Gasteiger partial charge in [-0.2, -0.15) is 5.26 Å². The summed E-state index contributed by atoms with van der Waals surface area (Å²) in [6.07, 6.45) is 0. The number of hydrogen-bond acceptors (Lipinski definition) is 5. The summed E-state index contributed by atoms with van der Waals surface area (Å²) in [5.41, 5.74) is 0.683. The first kappa shape index (κ1) is 15.0. The average molecular weight is 317 g/mol. The van der Waals surface area contributed by atoms with Crippen LogP contribution in [0.2, 0.25) is 0 Å². The second kappa shape index (κ2) is 6.44. The quantitative estimate of drug-likeness (QED) is 0.913. The van der Waals surface area contributed by atoms with Gasteiger partial charge in [-0.25, -0.2) is 4.39 Å². The molecule has 0 bridgehead atoms. The summed E-state index contributed by atoms with van der Waals surface area (Å²) in [7, 11) is 0. The van der Waals surface area contributed by atoms with E-state index in [4.69, 9.17) is 0 Å². The minimum absolute atomic E-state index is 0.299. The number of aromatic hydroxyl groups is 1. The van der Waals surface area contributed by atoms with Crippen molar-refractivity contribution < 1.29 is 9.50 Å². The predicted molar refractivity (Wildman–Crippen MR) is 83.4 cm³/mol. The van der Waals surface area contributed by atoms with E-state index < -0.39 is 11.6 Å². The summed E-state index contributed by atoms with van der Waals surface area (Å²) in [5, 5.41) is 24.8. The maximum Gasteiger partial charge on any atom is 0.165 e. The van der Waals surface area contributed by atoms with E-state index in [-0.39, 0.29) is 6.04 Å². The standard InChI is InChI=1S/C16H16FN3OS/c17-12-4-3-11(10-18)14(16(12)21)15(13-2-1-9-22-13)20-7-5-19-6-8-20/h1-4,9,15,19,21H,5-8H2/t15-/m1/s1. The highest BCUT2D eigenvalue weighted by Crippen LogP contribution is 2.39. The van der Waals surface area contributed by atoms with Crippen LogP contribution in [0.3, 0.4) is 0 Å². The molecule has 4 nitrogen and oxygen atoms in total. The van der Waals surface area contributed by atoms with Crippen LogP contribution in [0.15, 0.2) is 29.6 Å². The van der Waals surface area contributed by atoms with Crippen molar-refractivity contribution in [1.29, 1.82) is 5.26 Å². The van der Waals surface area contributed by atoms with Crippen molar-refractivity contribution in [2.45, 2.75) is 6.04 Å². The molecule has 1 fully saturated rings. The van der Waals surface area contributed by atoms with Crippen molar-refractivity contribution in [2.75, 3.05) is 26.2 Å². The van der Waals surface area contributed by atoms with Crippen LogP contribution in [-0.2, 0) is 0 Å². The number of nitrogens with zero attached hydrogens (tertiary/aromatic N) is 2. The fourth-order valence-corrected chi connectivity index (χ4v) is 3.71. The molecular weight excluding hydrogens is 301 g/mol. The van der Waals surface area contributed by atoms with Gasteiger partial charge in [0.05, 0.1) is 17.7 Å². The largest absolute Gasteiger partial charge is 0.505 e. The molecule has 6 heteroatoms. The highest BCUT2D eigenvalue weighted by molar-refractivity contribution is 7.10. The number of piperazine rings is 1. The zero-order chi connectivity index (χ0) is 15.5. The van der Waals surface area contributed by atoms with Crippen LogP contribution in [0.5, 0.6) is 5.75 Å². The van der Waals surface area contributed by atoms with Crippen LogP contribution in [0.4, 0.5) is 4.39 Å². The molecule has 0 amide bonds. The third-order valence-electron chi connectivity index (χ3n) is 3.89. The van der Waals surface area contributed by atoms with E-state index in [1.165, 1.54) is 6.07 Å². The predicted octanol–water partition coefficient (Wildman–Crippen LogP) is 2.46. The van der Waals surface area contributed by atoms with E-state index in [9.17, 15) is 14.8 Å². The first-order chi connectivity index (χ1) is 10.7. The first-order valence-corrected chi connectivity index (χ1v) is 8.00. The Labute approximate surface area is 132 Å². The molecule has 1 atom stereocenters. The fraction of sp³-hybridized carbons (Fsp3) is 0.312. The highest BCUT2D eigenvalue weighted by Gasteiger charge is 2.30. The summed E-state index contributed by atoms with van der Waals surface area (Å²) < 4.78 is 13.9. The molecule has 0 radical (unpaired) electrons. The monoisotopic (exact) mass is 317 g/mol. The van der Waals surface area contributed by atoms with E-state index >= 15 is 0 Å². The van der Waals surface area contributed by atoms with Gasteiger partial charge >= 0.3 is 0 Å². The lowest BCUT2D eigenvalue weighted by Crippen LogP contribution is -2.45. The number of phenols is 1. The minimum atomic E-state index is -0.689. The van der Waals surface area contributed by atoms with Crippen LogP contribution in [0.1, 0.15) is 22.0 Å². The molecular formula is C16H16FN3OS. The van der Waals surface area contributed by atoms with Gasteiger partial charge in [-0.05, 0) is 23.6 Å². The third-order valence-corrected chi connectivity index (χ3v) is 4.82. The Morgan fingerprint density at radius 3 is 2.73 bits per heavy atom. The normalized spacial score (nSPS) is 17.1.